The predicted molar refractivity (Wildman–Crippen MR) is 91.3 cm³/mol. The number of hydrogen-bond donors (Lipinski definition) is 0. The Bertz CT molecular complexity index is 886. The lowest BCUT2D eigenvalue weighted by Gasteiger charge is -2.09. The molecule has 3 rings (SSSR count). The number of nitrogens with zero attached hydrogens (tertiary/aromatic N) is 1. The fourth-order valence-electron chi connectivity index (χ4n) is 2.48. The fourth-order valence-corrected chi connectivity index (χ4v) is 4.11. The Labute approximate surface area is 145 Å². The second-order valence-corrected chi connectivity index (χ2v) is 7.84. The van der Waals surface area contributed by atoms with Crippen molar-refractivity contribution >= 4 is 22.0 Å². The molecule has 0 amide bonds. The van der Waals surface area contributed by atoms with E-state index in [0.29, 0.717) is 12.2 Å². The second-order valence-electron chi connectivity index (χ2n) is 5.61. The Morgan fingerprint density at radius 3 is 2.80 bits per heavy atom. The molecule has 1 fully saturated rings. The van der Waals surface area contributed by atoms with Crippen LogP contribution in [-0.4, -0.2) is 45.3 Å². The van der Waals surface area contributed by atoms with Crippen molar-refractivity contribution in [1.29, 1.82) is 0 Å². The number of benzene rings is 1. The van der Waals surface area contributed by atoms with Crippen molar-refractivity contribution in [3.05, 3.63) is 47.9 Å². The first-order valence-electron chi connectivity index (χ1n) is 7.64. The zero-order chi connectivity index (χ0) is 17.9. The number of hydrogen-bond acceptors (Lipinski definition) is 7. The number of sulfone groups is 1. The summed E-state index contributed by atoms with van der Waals surface area (Å²) >= 11 is 0. The van der Waals surface area contributed by atoms with Gasteiger partial charge in [0.2, 0.25) is 5.76 Å². The quantitative estimate of drug-likeness (QED) is 0.459. The van der Waals surface area contributed by atoms with E-state index in [2.05, 4.69) is 4.99 Å². The summed E-state index contributed by atoms with van der Waals surface area (Å²) in [6, 6.07) is 7.85. The molecule has 0 saturated carbocycles. The van der Waals surface area contributed by atoms with E-state index in [-0.39, 0.29) is 29.1 Å². The van der Waals surface area contributed by atoms with Crippen LogP contribution in [0.4, 0.5) is 0 Å². The van der Waals surface area contributed by atoms with Crippen LogP contribution in [0.5, 0.6) is 11.5 Å². The van der Waals surface area contributed by atoms with Gasteiger partial charge in [0.15, 0.2) is 21.3 Å². The smallest absolute Gasteiger partial charge is 0.379 e. The molecular weight excluding hydrogens is 346 g/mol. The number of ether oxygens (including phenoxy) is 2. The fraction of sp³-hybridized carbons (Fsp3) is 0.294. The van der Waals surface area contributed by atoms with Crippen molar-refractivity contribution in [3.8, 4) is 11.5 Å². The van der Waals surface area contributed by atoms with Gasteiger partial charge in [-0.3, -0.25) is 4.99 Å². The van der Waals surface area contributed by atoms with E-state index in [4.69, 9.17) is 13.9 Å². The molecule has 0 aliphatic carbocycles. The van der Waals surface area contributed by atoms with Crippen molar-refractivity contribution in [2.45, 2.75) is 12.5 Å². The number of carbonyl (C=O) groups excluding carboxylic acids is 1. The Kier molecular flexibility index (Phi) is 4.89. The van der Waals surface area contributed by atoms with Gasteiger partial charge >= 0.3 is 5.97 Å². The second kappa shape index (κ2) is 7.10. The van der Waals surface area contributed by atoms with Crippen molar-refractivity contribution in [1.82, 2.24) is 0 Å². The summed E-state index contributed by atoms with van der Waals surface area (Å²) in [5.74, 6) is 0.350. The van der Waals surface area contributed by atoms with Crippen LogP contribution >= 0.6 is 0 Å². The largest absolute Gasteiger partial charge is 0.493 e. The van der Waals surface area contributed by atoms with E-state index in [9.17, 15) is 13.2 Å². The highest BCUT2D eigenvalue weighted by atomic mass is 32.2. The average Bonchev–Trinajstić information content (AvgIpc) is 3.23. The van der Waals surface area contributed by atoms with E-state index >= 15 is 0 Å². The van der Waals surface area contributed by atoms with Gasteiger partial charge in [-0.2, -0.15) is 0 Å². The zero-order valence-corrected chi connectivity index (χ0v) is 14.4. The van der Waals surface area contributed by atoms with Crippen molar-refractivity contribution in [2.24, 2.45) is 4.99 Å². The van der Waals surface area contributed by atoms with Crippen LogP contribution < -0.4 is 9.47 Å². The average molecular weight is 363 g/mol. The summed E-state index contributed by atoms with van der Waals surface area (Å²) in [7, 11) is -1.50. The molecule has 25 heavy (non-hydrogen) atoms. The minimum Gasteiger partial charge on any atom is -0.493 e. The first-order chi connectivity index (χ1) is 12.0. The van der Waals surface area contributed by atoms with Gasteiger partial charge in [-0.25, -0.2) is 13.2 Å². The van der Waals surface area contributed by atoms with Gasteiger partial charge in [0.05, 0.1) is 30.9 Å². The predicted octanol–water partition coefficient (Wildman–Crippen LogP) is 2.11. The standard InChI is InChI=1S/C17H17NO6S/c1-22-16-9-12(10-18-13-6-8-25(20,21)11-13)4-5-14(16)24-17(19)15-3-2-7-23-15/h2-5,7,9-10,13H,6,8,11H2,1H3/t13-/m1/s1. The van der Waals surface area contributed by atoms with Crippen LogP contribution in [-0.2, 0) is 9.84 Å². The maximum Gasteiger partial charge on any atom is 0.379 e. The van der Waals surface area contributed by atoms with Crippen LogP contribution in [0.25, 0.3) is 0 Å². The summed E-state index contributed by atoms with van der Waals surface area (Å²) in [6.07, 6.45) is 3.53. The highest BCUT2D eigenvalue weighted by molar-refractivity contribution is 7.91. The van der Waals surface area contributed by atoms with E-state index in [1.165, 1.54) is 19.4 Å². The van der Waals surface area contributed by atoms with Gasteiger partial charge in [0, 0.05) is 6.21 Å². The molecule has 2 heterocycles. The van der Waals surface area contributed by atoms with Crippen LogP contribution in [0.15, 0.2) is 46.0 Å². The van der Waals surface area contributed by atoms with Crippen LogP contribution in [0.1, 0.15) is 22.5 Å². The van der Waals surface area contributed by atoms with E-state index in [0.717, 1.165) is 5.56 Å². The summed E-state index contributed by atoms with van der Waals surface area (Å²) in [5.41, 5.74) is 0.721. The van der Waals surface area contributed by atoms with Gasteiger partial charge in [0.25, 0.3) is 0 Å². The molecular formula is C17H17NO6S. The Balaban J connectivity index is 1.72. The normalized spacial score (nSPS) is 19.2. The monoisotopic (exact) mass is 363 g/mol. The van der Waals surface area contributed by atoms with Crippen molar-refractivity contribution < 1.29 is 27.1 Å². The van der Waals surface area contributed by atoms with E-state index < -0.39 is 15.8 Å². The summed E-state index contributed by atoms with van der Waals surface area (Å²) in [6.45, 7) is 0. The molecule has 1 aromatic carbocycles. The summed E-state index contributed by atoms with van der Waals surface area (Å²) in [5, 5.41) is 0. The lowest BCUT2D eigenvalue weighted by Crippen LogP contribution is -2.09. The van der Waals surface area contributed by atoms with E-state index in [1.807, 2.05) is 0 Å². The SMILES string of the molecule is COc1cc(C=N[C@@H]2CCS(=O)(=O)C2)ccc1OC(=O)c1ccco1. The Hall–Kier alpha value is -2.61. The molecule has 0 bridgehead atoms. The highest BCUT2D eigenvalue weighted by Gasteiger charge is 2.26. The molecule has 0 N–H and O–H groups in total. The number of rotatable bonds is 5. The number of carbonyl (C=O) groups is 1. The molecule has 1 aliphatic rings. The summed E-state index contributed by atoms with van der Waals surface area (Å²) < 4.78 is 38.4. The Morgan fingerprint density at radius 2 is 2.16 bits per heavy atom. The third-order valence-corrected chi connectivity index (χ3v) is 5.51. The van der Waals surface area contributed by atoms with Crippen LogP contribution in [0, 0.1) is 0 Å². The molecule has 1 atom stereocenters. The first kappa shape index (κ1) is 17.2. The topological polar surface area (TPSA) is 95.2 Å². The maximum absolute atomic E-state index is 11.9. The molecule has 0 spiro atoms. The van der Waals surface area contributed by atoms with Gasteiger partial charge in [-0.1, -0.05) is 0 Å². The first-order valence-corrected chi connectivity index (χ1v) is 9.46. The van der Waals surface area contributed by atoms with Gasteiger partial charge in [0.1, 0.15) is 0 Å². The van der Waals surface area contributed by atoms with E-state index in [1.54, 1.807) is 30.5 Å². The van der Waals surface area contributed by atoms with Gasteiger partial charge < -0.3 is 13.9 Å². The number of esters is 1. The molecule has 8 heteroatoms. The third kappa shape index (κ3) is 4.27. The molecule has 0 radical (unpaired) electrons. The number of furan rings is 1. The molecule has 2 aromatic rings. The maximum atomic E-state index is 11.9. The Morgan fingerprint density at radius 1 is 1.32 bits per heavy atom. The van der Waals surface area contributed by atoms with Crippen molar-refractivity contribution in [3.63, 3.8) is 0 Å². The van der Waals surface area contributed by atoms with Crippen molar-refractivity contribution in [2.75, 3.05) is 18.6 Å². The highest BCUT2D eigenvalue weighted by Crippen LogP contribution is 2.28. The zero-order valence-electron chi connectivity index (χ0n) is 13.5. The lowest BCUT2D eigenvalue weighted by atomic mass is 10.2. The molecule has 0 unspecified atom stereocenters. The molecule has 1 aliphatic heterocycles. The minimum atomic E-state index is -2.96. The lowest BCUT2D eigenvalue weighted by molar-refractivity contribution is 0.0696. The third-order valence-electron chi connectivity index (χ3n) is 3.76. The van der Waals surface area contributed by atoms with Crippen LogP contribution in [0.2, 0.25) is 0 Å². The number of methoxy groups -OCH3 is 1. The summed E-state index contributed by atoms with van der Waals surface area (Å²) in [4.78, 5) is 16.2. The van der Waals surface area contributed by atoms with Crippen LogP contribution in [0.3, 0.4) is 0 Å². The molecule has 1 aromatic heterocycles. The number of aliphatic imine (C=N–C) groups is 1. The minimum absolute atomic E-state index is 0.0828. The molecule has 132 valence electrons. The van der Waals surface area contributed by atoms with Gasteiger partial charge in [-0.05, 0) is 42.3 Å². The molecule has 1 saturated heterocycles. The van der Waals surface area contributed by atoms with Gasteiger partial charge in [-0.15, -0.1) is 0 Å². The molecule has 7 nitrogen and oxygen atoms in total.